The number of nitrogens with one attached hydrogen (secondary N) is 2. The van der Waals surface area contributed by atoms with Gasteiger partial charge in [-0.05, 0) is 37.3 Å². The number of hydrogen-bond donors (Lipinski definition) is 2. The molecule has 1 aromatic carbocycles. The molecule has 0 unspecified atom stereocenters. The second-order valence-electron chi connectivity index (χ2n) is 7.19. The van der Waals surface area contributed by atoms with E-state index >= 15 is 0 Å². The highest BCUT2D eigenvalue weighted by atomic mass is 35.5. The number of carbonyl (C=O) groups excluding carboxylic acids is 2. The molecule has 28 heavy (non-hydrogen) atoms. The molecule has 8 nitrogen and oxygen atoms in total. The number of amides is 2. The summed E-state index contributed by atoms with van der Waals surface area (Å²) in [5.74, 6) is -0.489. The highest BCUT2D eigenvalue weighted by Crippen LogP contribution is 2.30. The van der Waals surface area contributed by atoms with Crippen LogP contribution in [0.2, 0.25) is 5.02 Å². The van der Waals surface area contributed by atoms with Gasteiger partial charge in [-0.1, -0.05) is 29.8 Å². The number of halogens is 1. The molecule has 1 saturated heterocycles. The van der Waals surface area contributed by atoms with Crippen molar-refractivity contribution < 1.29 is 14.3 Å². The average Bonchev–Trinajstić information content (AvgIpc) is 3.23. The summed E-state index contributed by atoms with van der Waals surface area (Å²) in [4.78, 5) is 28.8. The van der Waals surface area contributed by atoms with E-state index in [0.29, 0.717) is 16.6 Å². The van der Waals surface area contributed by atoms with Crippen LogP contribution in [0.5, 0.6) is 0 Å². The van der Waals surface area contributed by atoms with Crippen molar-refractivity contribution in [3.63, 3.8) is 0 Å². The van der Waals surface area contributed by atoms with Crippen molar-refractivity contribution in [1.82, 2.24) is 25.4 Å². The lowest BCUT2D eigenvalue weighted by molar-refractivity contribution is -0.148. The highest BCUT2D eigenvalue weighted by molar-refractivity contribution is 6.31. The summed E-state index contributed by atoms with van der Waals surface area (Å²) in [7, 11) is 0. The number of ether oxygens (including phenoxy) is 1. The van der Waals surface area contributed by atoms with Gasteiger partial charge >= 0.3 is 0 Å². The van der Waals surface area contributed by atoms with Crippen molar-refractivity contribution >= 4 is 23.4 Å². The number of hydrogen-bond acceptors (Lipinski definition) is 5. The molecule has 2 fully saturated rings. The quantitative estimate of drug-likeness (QED) is 0.811. The Morgan fingerprint density at radius 1 is 1.25 bits per heavy atom. The molecular formula is C19H22ClN5O3. The highest BCUT2D eigenvalue weighted by Gasteiger charge is 2.38. The van der Waals surface area contributed by atoms with E-state index in [0.717, 1.165) is 25.7 Å². The van der Waals surface area contributed by atoms with Gasteiger partial charge in [0.25, 0.3) is 5.91 Å². The Hall–Kier alpha value is -2.45. The second-order valence-corrected chi connectivity index (χ2v) is 7.60. The van der Waals surface area contributed by atoms with Crippen LogP contribution in [0.4, 0.5) is 0 Å². The van der Waals surface area contributed by atoms with Gasteiger partial charge in [0.2, 0.25) is 5.91 Å². The van der Waals surface area contributed by atoms with Crippen LogP contribution in [0.15, 0.2) is 36.9 Å². The standard InChI is InChI=1S/C19H22ClN5O3/c20-15-4-2-1-3-14(15)17-18(28-9-16(26)24-17)19(27)23-12-5-7-13(8-6-12)25-11-21-10-22-25/h1-4,10-13,17-18H,5-9H2,(H,23,27)(H,24,26)/t12?,13?,17-,18+/m1/s1. The monoisotopic (exact) mass is 403 g/mol. The fourth-order valence-corrected chi connectivity index (χ4v) is 4.17. The average molecular weight is 404 g/mol. The van der Waals surface area contributed by atoms with E-state index in [1.54, 1.807) is 24.5 Å². The molecule has 1 aromatic heterocycles. The predicted molar refractivity (Wildman–Crippen MR) is 102 cm³/mol. The van der Waals surface area contributed by atoms with Crippen molar-refractivity contribution in [2.45, 2.75) is 49.9 Å². The molecule has 2 aromatic rings. The fraction of sp³-hybridized carbons (Fsp3) is 0.474. The third kappa shape index (κ3) is 4.02. The first-order valence-corrected chi connectivity index (χ1v) is 9.79. The Morgan fingerprint density at radius 2 is 2.04 bits per heavy atom. The summed E-state index contributed by atoms with van der Waals surface area (Å²) in [5, 5.41) is 10.6. The van der Waals surface area contributed by atoms with Crippen molar-refractivity contribution in [3.05, 3.63) is 47.5 Å². The summed E-state index contributed by atoms with van der Waals surface area (Å²) in [6.07, 6.45) is 6.01. The lowest BCUT2D eigenvalue weighted by Crippen LogP contribution is -2.54. The smallest absolute Gasteiger partial charge is 0.251 e. The maximum atomic E-state index is 12.9. The molecule has 2 aliphatic rings. The molecule has 4 rings (SSSR count). The molecule has 1 aliphatic heterocycles. The Bertz CT molecular complexity index is 836. The summed E-state index contributed by atoms with van der Waals surface area (Å²) >= 11 is 6.28. The van der Waals surface area contributed by atoms with Crippen molar-refractivity contribution in [2.75, 3.05) is 6.61 Å². The van der Waals surface area contributed by atoms with Crippen LogP contribution >= 0.6 is 11.6 Å². The third-order valence-electron chi connectivity index (χ3n) is 5.37. The lowest BCUT2D eigenvalue weighted by Gasteiger charge is -2.34. The zero-order chi connectivity index (χ0) is 19.5. The minimum Gasteiger partial charge on any atom is -0.356 e. The zero-order valence-corrected chi connectivity index (χ0v) is 16.0. The number of carbonyl (C=O) groups is 2. The first-order chi connectivity index (χ1) is 13.6. The van der Waals surface area contributed by atoms with Crippen LogP contribution in [0.1, 0.15) is 43.3 Å². The summed E-state index contributed by atoms with van der Waals surface area (Å²) in [6.45, 7) is -0.141. The Labute approximate surface area is 167 Å². The second kappa shape index (κ2) is 8.28. The van der Waals surface area contributed by atoms with Gasteiger partial charge < -0.3 is 15.4 Å². The van der Waals surface area contributed by atoms with E-state index in [1.165, 1.54) is 6.33 Å². The van der Waals surface area contributed by atoms with Crippen LogP contribution in [-0.4, -0.2) is 45.3 Å². The van der Waals surface area contributed by atoms with Crippen molar-refractivity contribution in [3.8, 4) is 0 Å². The number of rotatable bonds is 4. The van der Waals surface area contributed by atoms with Gasteiger partial charge in [0, 0.05) is 11.1 Å². The molecule has 1 saturated carbocycles. The molecule has 2 amide bonds. The van der Waals surface area contributed by atoms with E-state index in [-0.39, 0.29) is 24.5 Å². The van der Waals surface area contributed by atoms with Crippen LogP contribution < -0.4 is 10.6 Å². The van der Waals surface area contributed by atoms with Gasteiger partial charge in [-0.15, -0.1) is 0 Å². The van der Waals surface area contributed by atoms with E-state index in [9.17, 15) is 9.59 Å². The molecule has 2 heterocycles. The largest absolute Gasteiger partial charge is 0.356 e. The van der Waals surface area contributed by atoms with Gasteiger partial charge in [0.05, 0.1) is 12.1 Å². The van der Waals surface area contributed by atoms with E-state index < -0.39 is 12.1 Å². The minimum atomic E-state index is -0.814. The summed E-state index contributed by atoms with van der Waals surface area (Å²) in [5.41, 5.74) is 0.673. The molecule has 1 aliphatic carbocycles. The molecule has 2 atom stereocenters. The molecular weight excluding hydrogens is 382 g/mol. The van der Waals surface area contributed by atoms with Crippen LogP contribution in [0.3, 0.4) is 0 Å². The number of nitrogens with zero attached hydrogens (tertiary/aromatic N) is 3. The van der Waals surface area contributed by atoms with Crippen molar-refractivity contribution in [1.29, 1.82) is 0 Å². The van der Waals surface area contributed by atoms with Gasteiger partial charge in [-0.25, -0.2) is 9.67 Å². The Balaban J connectivity index is 1.40. The normalized spacial score (nSPS) is 27.8. The van der Waals surface area contributed by atoms with Crippen LogP contribution in [0, 0.1) is 0 Å². The molecule has 9 heteroatoms. The van der Waals surface area contributed by atoms with E-state index in [2.05, 4.69) is 20.7 Å². The van der Waals surface area contributed by atoms with Crippen LogP contribution in [0.25, 0.3) is 0 Å². The third-order valence-corrected chi connectivity index (χ3v) is 5.71. The van der Waals surface area contributed by atoms with E-state index in [1.807, 2.05) is 10.7 Å². The van der Waals surface area contributed by atoms with E-state index in [4.69, 9.17) is 16.3 Å². The maximum Gasteiger partial charge on any atom is 0.251 e. The molecule has 0 radical (unpaired) electrons. The lowest BCUT2D eigenvalue weighted by atomic mass is 9.90. The zero-order valence-electron chi connectivity index (χ0n) is 15.3. The molecule has 2 N–H and O–H groups in total. The Kier molecular flexibility index (Phi) is 5.59. The molecule has 0 bridgehead atoms. The summed E-state index contributed by atoms with van der Waals surface area (Å²) in [6, 6.07) is 6.94. The SMILES string of the molecule is O=C1CO[C@H](C(=O)NC2CCC(n3cncn3)CC2)[C@@H](c2ccccc2Cl)N1. The first kappa shape index (κ1) is 18.9. The minimum absolute atomic E-state index is 0.0698. The summed E-state index contributed by atoms with van der Waals surface area (Å²) < 4.78 is 7.47. The fourth-order valence-electron chi connectivity index (χ4n) is 3.92. The Morgan fingerprint density at radius 3 is 2.75 bits per heavy atom. The number of morpholine rings is 1. The van der Waals surface area contributed by atoms with Gasteiger partial charge in [0.1, 0.15) is 19.3 Å². The molecule has 148 valence electrons. The topological polar surface area (TPSA) is 98.1 Å². The van der Waals surface area contributed by atoms with Gasteiger partial charge in [-0.2, -0.15) is 5.10 Å². The van der Waals surface area contributed by atoms with Gasteiger partial charge in [0.15, 0.2) is 6.10 Å². The van der Waals surface area contributed by atoms with Crippen molar-refractivity contribution in [2.24, 2.45) is 0 Å². The predicted octanol–water partition coefficient (Wildman–Crippen LogP) is 1.79. The molecule has 0 spiro atoms. The maximum absolute atomic E-state index is 12.9. The van der Waals surface area contributed by atoms with Crippen LogP contribution in [-0.2, 0) is 14.3 Å². The van der Waals surface area contributed by atoms with Gasteiger partial charge in [-0.3, -0.25) is 9.59 Å². The number of aromatic nitrogens is 3. The number of benzene rings is 1. The first-order valence-electron chi connectivity index (χ1n) is 9.41.